The predicted molar refractivity (Wildman–Crippen MR) is 83.0 cm³/mol. The standard InChI is InChI=1S/C16H27N3O/c1-4-5-15-8-14(12-20)9-16(17-15)19(3)11-13-6-7-18(2)10-13/h8-9,13,20H,4-7,10-12H2,1-3H3. The highest BCUT2D eigenvalue weighted by Gasteiger charge is 2.21. The van der Waals surface area contributed by atoms with Gasteiger partial charge in [0.1, 0.15) is 5.82 Å². The molecule has 0 saturated carbocycles. The van der Waals surface area contributed by atoms with Crippen molar-refractivity contribution in [3.8, 4) is 0 Å². The van der Waals surface area contributed by atoms with Crippen molar-refractivity contribution in [2.45, 2.75) is 32.8 Å². The molecule has 1 unspecified atom stereocenters. The third-order valence-corrected chi connectivity index (χ3v) is 4.03. The lowest BCUT2D eigenvalue weighted by Gasteiger charge is -2.23. The summed E-state index contributed by atoms with van der Waals surface area (Å²) in [6.07, 6.45) is 3.32. The fourth-order valence-electron chi connectivity index (χ4n) is 2.96. The van der Waals surface area contributed by atoms with Gasteiger partial charge in [0.15, 0.2) is 0 Å². The van der Waals surface area contributed by atoms with Crippen LogP contribution in [0, 0.1) is 5.92 Å². The molecule has 0 bridgehead atoms. The van der Waals surface area contributed by atoms with Crippen LogP contribution in [0.25, 0.3) is 0 Å². The van der Waals surface area contributed by atoms with E-state index in [1.807, 2.05) is 12.1 Å². The molecule has 1 fully saturated rings. The number of aliphatic hydroxyl groups is 1. The quantitative estimate of drug-likeness (QED) is 0.862. The predicted octanol–water partition coefficient (Wildman–Crippen LogP) is 1.91. The van der Waals surface area contributed by atoms with Crippen molar-refractivity contribution < 1.29 is 5.11 Å². The second-order valence-electron chi connectivity index (χ2n) is 6.03. The normalized spacial score (nSPS) is 19.5. The summed E-state index contributed by atoms with van der Waals surface area (Å²) in [5.74, 6) is 1.72. The van der Waals surface area contributed by atoms with Crippen LogP contribution >= 0.6 is 0 Å². The van der Waals surface area contributed by atoms with Crippen LogP contribution in [-0.2, 0) is 13.0 Å². The zero-order valence-corrected chi connectivity index (χ0v) is 13.0. The largest absolute Gasteiger partial charge is 0.392 e. The number of anilines is 1. The Hall–Kier alpha value is -1.13. The van der Waals surface area contributed by atoms with Crippen LogP contribution in [0.3, 0.4) is 0 Å². The first-order chi connectivity index (χ1) is 9.62. The van der Waals surface area contributed by atoms with Gasteiger partial charge in [0.2, 0.25) is 0 Å². The molecule has 1 aromatic heterocycles. The lowest BCUT2D eigenvalue weighted by atomic mass is 10.1. The molecule has 1 N–H and O–H groups in total. The van der Waals surface area contributed by atoms with Crippen LogP contribution in [0.5, 0.6) is 0 Å². The van der Waals surface area contributed by atoms with Crippen molar-refractivity contribution in [3.05, 3.63) is 23.4 Å². The van der Waals surface area contributed by atoms with Crippen molar-refractivity contribution >= 4 is 5.82 Å². The van der Waals surface area contributed by atoms with Crippen molar-refractivity contribution in [2.75, 3.05) is 38.6 Å². The molecular formula is C16H27N3O. The van der Waals surface area contributed by atoms with Gasteiger partial charge in [-0.1, -0.05) is 13.3 Å². The Balaban J connectivity index is 2.07. The molecule has 2 rings (SSSR count). The number of rotatable bonds is 6. The van der Waals surface area contributed by atoms with E-state index in [0.717, 1.165) is 42.4 Å². The maximum Gasteiger partial charge on any atom is 0.128 e. The first-order valence-corrected chi connectivity index (χ1v) is 7.62. The van der Waals surface area contributed by atoms with E-state index in [1.54, 1.807) is 0 Å². The molecule has 4 heteroatoms. The van der Waals surface area contributed by atoms with E-state index in [9.17, 15) is 5.11 Å². The second-order valence-corrected chi connectivity index (χ2v) is 6.03. The zero-order valence-electron chi connectivity index (χ0n) is 13.0. The van der Waals surface area contributed by atoms with Crippen LogP contribution in [0.2, 0.25) is 0 Å². The highest BCUT2D eigenvalue weighted by atomic mass is 16.3. The van der Waals surface area contributed by atoms with Crippen molar-refractivity contribution in [1.82, 2.24) is 9.88 Å². The molecule has 0 spiro atoms. The lowest BCUT2D eigenvalue weighted by molar-refractivity contribution is 0.281. The van der Waals surface area contributed by atoms with Gasteiger partial charge in [-0.3, -0.25) is 0 Å². The second kappa shape index (κ2) is 7.04. The minimum Gasteiger partial charge on any atom is -0.392 e. The van der Waals surface area contributed by atoms with Gasteiger partial charge in [0.05, 0.1) is 6.61 Å². The molecule has 0 aromatic carbocycles. The van der Waals surface area contributed by atoms with E-state index < -0.39 is 0 Å². The summed E-state index contributed by atoms with van der Waals surface area (Å²) in [6.45, 7) is 5.66. The molecular weight excluding hydrogens is 250 g/mol. The summed E-state index contributed by atoms with van der Waals surface area (Å²) in [5.41, 5.74) is 2.05. The Morgan fingerprint density at radius 2 is 2.25 bits per heavy atom. The Labute approximate surface area is 122 Å². The minimum absolute atomic E-state index is 0.0895. The van der Waals surface area contributed by atoms with Gasteiger partial charge in [0.25, 0.3) is 0 Å². The molecule has 4 nitrogen and oxygen atoms in total. The number of likely N-dealkylation sites (tertiary alicyclic amines) is 1. The molecule has 1 aliphatic heterocycles. The molecule has 1 aliphatic rings. The lowest BCUT2D eigenvalue weighted by Crippen LogP contribution is -2.28. The van der Waals surface area contributed by atoms with E-state index in [1.165, 1.54) is 19.5 Å². The van der Waals surface area contributed by atoms with Gasteiger partial charge in [-0.2, -0.15) is 0 Å². The molecule has 0 radical (unpaired) electrons. The molecule has 0 amide bonds. The minimum atomic E-state index is 0.0895. The van der Waals surface area contributed by atoms with E-state index >= 15 is 0 Å². The van der Waals surface area contributed by atoms with Crippen LogP contribution in [0.15, 0.2) is 12.1 Å². The Bertz CT molecular complexity index is 436. The van der Waals surface area contributed by atoms with Gasteiger partial charge in [-0.15, -0.1) is 0 Å². The maximum atomic E-state index is 9.40. The number of pyridine rings is 1. The molecule has 20 heavy (non-hydrogen) atoms. The number of aliphatic hydroxyl groups excluding tert-OH is 1. The van der Waals surface area contributed by atoms with Crippen molar-refractivity contribution in [3.63, 3.8) is 0 Å². The first-order valence-electron chi connectivity index (χ1n) is 7.62. The highest BCUT2D eigenvalue weighted by Crippen LogP contribution is 2.20. The fourth-order valence-corrected chi connectivity index (χ4v) is 2.96. The summed E-state index contributed by atoms with van der Waals surface area (Å²) < 4.78 is 0. The van der Waals surface area contributed by atoms with Gasteiger partial charge in [-0.05, 0) is 50.0 Å². The van der Waals surface area contributed by atoms with Gasteiger partial charge in [0, 0.05) is 25.8 Å². The Kier molecular flexibility index (Phi) is 5.38. The number of aryl methyl sites for hydroxylation is 1. The average molecular weight is 277 g/mol. The van der Waals surface area contributed by atoms with Gasteiger partial charge >= 0.3 is 0 Å². The van der Waals surface area contributed by atoms with Crippen molar-refractivity contribution in [1.29, 1.82) is 0 Å². The summed E-state index contributed by atoms with van der Waals surface area (Å²) in [5, 5.41) is 9.40. The number of aromatic nitrogens is 1. The van der Waals surface area contributed by atoms with Crippen LogP contribution in [0.4, 0.5) is 5.82 Å². The number of nitrogens with zero attached hydrogens (tertiary/aromatic N) is 3. The molecule has 2 heterocycles. The van der Waals surface area contributed by atoms with Gasteiger partial charge < -0.3 is 14.9 Å². The van der Waals surface area contributed by atoms with E-state index in [-0.39, 0.29) is 6.61 Å². The zero-order chi connectivity index (χ0) is 14.5. The molecule has 1 saturated heterocycles. The first kappa shape index (κ1) is 15.3. The monoisotopic (exact) mass is 277 g/mol. The van der Waals surface area contributed by atoms with Crippen molar-refractivity contribution in [2.24, 2.45) is 5.92 Å². The summed E-state index contributed by atoms with van der Waals surface area (Å²) in [4.78, 5) is 9.36. The van der Waals surface area contributed by atoms with E-state index in [4.69, 9.17) is 4.98 Å². The average Bonchev–Trinajstić information content (AvgIpc) is 2.84. The Morgan fingerprint density at radius 3 is 2.85 bits per heavy atom. The molecule has 1 aromatic rings. The highest BCUT2D eigenvalue weighted by molar-refractivity contribution is 5.42. The topological polar surface area (TPSA) is 39.6 Å². The number of hydrogen-bond acceptors (Lipinski definition) is 4. The molecule has 0 aliphatic carbocycles. The summed E-state index contributed by atoms with van der Waals surface area (Å²) >= 11 is 0. The summed E-state index contributed by atoms with van der Waals surface area (Å²) in [7, 11) is 4.29. The number of hydrogen-bond donors (Lipinski definition) is 1. The van der Waals surface area contributed by atoms with E-state index in [2.05, 4.69) is 30.8 Å². The summed E-state index contributed by atoms with van der Waals surface area (Å²) in [6, 6.07) is 4.03. The van der Waals surface area contributed by atoms with Crippen LogP contribution in [-0.4, -0.2) is 48.7 Å². The van der Waals surface area contributed by atoms with Crippen LogP contribution < -0.4 is 4.90 Å². The van der Waals surface area contributed by atoms with E-state index in [0.29, 0.717) is 0 Å². The third kappa shape index (κ3) is 3.93. The maximum absolute atomic E-state index is 9.40. The Morgan fingerprint density at radius 1 is 1.45 bits per heavy atom. The van der Waals surface area contributed by atoms with Crippen LogP contribution in [0.1, 0.15) is 31.0 Å². The molecule has 112 valence electrons. The fraction of sp³-hybridized carbons (Fsp3) is 0.688. The molecule has 1 atom stereocenters. The SMILES string of the molecule is CCCc1cc(CO)cc(N(C)CC2CCN(C)C2)n1. The third-order valence-electron chi connectivity index (χ3n) is 4.03. The smallest absolute Gasteiger partial charge is 0.128 e. The van der Waals surface area contributed by atoms with Gasteiger partial charge in [-0.25, -0.2) is 4.98 Å².